The second-order valence-electron chi connectivity index (χ2n) is 4.27. The number of aromatic nitrogens is 1. The van der Waals surface area contributed by atoms with E-state index < -0.39 is 0 Å². The lowest BCUT2D eigenvalue weighted by atomic mass is 10.1. The Morgan fingerprint density at radius 3 is 2.89 bits per heavy atom. The predicted molar refractivity (Wildman–Crippen MR) is 76.4 cm³/mol. The zero-order chi connectivity index (χ0) is 13.1. The molecule has 1 atom stereocenters. The van der Waals surface area contributed by atoms with Crippen LogP contribution in [0.1, 0.15) is 23.0 Å². The quantitative estimate of drug-likeness (QED) is 0.816. The van der Waals surface area contributed by atoms with Crippen LogP contribution in [0.4, 0.5) is 0 Å². The van der Waals surface area contributed by atoms with Crippen molar-refractivity contribution in [3.63, 3.8) is 0 Å². The Hall–Kier alpha value is -1.26. The highest BCUT2D eigenvalue weighted by atomic mass is 32.2. The van der Waals surface area contributed by atoms with Crippen molar-refractivity contribution in [2.45, 2.75) is 19.1 Å². The number of carbonyl (C=O) groups is 1. The fraction of sp³-hybridized carbons (Fsp3) is 0.357. The molecule has 4 heteroatoms. The third-order valence-corrected chi connectivity index (χ3v) is 4.10. The topological polar surface area (TPSA) is 53.1 Å². The summed E-state index contributed by atoms with van der Waals surface area (Å²) in [5.74, 6) is 0.720. The first-order chi connectivity index (χ1) is 8.65. The van der Waals surface area contributed by atoms with E-state index in [0.717, 1.165) is 22.2 Å². The highest BCUT2D eigenvalue weighted by Gasteiger charge is 2.21. The number of carbonyl (C=O) groups excluding carboxylic acids is 1. The second kappa shape index (κ2) is 5.59. The lowest BCUT2D eigenvalue weighted by Gasteiger charge is -2.09. The third kappa shape index (κ3) is 2.44. The van der Waals surface area contributed by atoms with Gasteiger partial charge in [0.2, 0.25) is 0 Å². The van der Waals surface area contributed by atoms with Crippen LogP contribution >= 0.6 is 11.8 Å². The number of nitrogens with one attached hydrogen (secondary N) is 1. The summed E-state index contributed by atoms with van der Waals surface area (Å²) in [7, 11) is 0. The number of rotatable bonds is 5. The van der Waals surface area contributed by atoms with Gasteiger partial charge in [-0.15, -0.1) is 11.8 Å². The van der Waals surface area contributed by atoms with E-state index in [1.165, 1.54) is 11.8 Å². The molecule has 18 heavy (non-hydrogen) atoms. The van der Waals surface area contributed by atoms with Crippen LogP contribution in [0.15, 0.2) is 24.3 Å². The fourth-order valence-electron chi connectivity index (χ4n) is 2.10. The molecule has 0 saturated carbocycles. The van der Waals surface area contributed by atoms with Crippen LogP contribution in [0.25, 0.3) is 10.9 Å². The zero-order valence-electron chi connectivity index (χ0n) is 10.6. The van der Waals surface area contributed by atoms with Gasteiger partial charge in [-0.05, 0) is 19.9 Å². The summed E-state index contributed by atoms with van der Waals surface area (Å²) in [5, 5.41) is 9.67. The van der Waals surface area contributed by atoms with Crippen molar-refractivity contribution >= 4 is 28.4 Å². The van der Waals surface area contributed by atoms with Gasteiger partial charge in [0, 0.05) is 27.9 Å². The van der Waals surface area contributed by atoms with Crippen molar-refractivity contribution in [1.29, 1.82) is 0 Å². The Morgan fingerprint density at radius 2 is 2.17 bits per heavy atom. The van der Waals surface area contributed by atoms with Crippen LogP contribution in [-0.4, -0.2) is 33.5 Å². The molecule has 0 aliphatic carbocycles. The van der Waals surface area contributed by atoms with E-state index >= 15 is 0 Å². The number of aliphatic hydroxyl groups is 1. The molecular formula is C14H17NO2S. The number of hydrogen-bond donors (Lipinski definition) is 2. The van der Waals surface area contributed by atoms with Gasteiger partial charge in [0.1, 0.15) is 0 Å². The minimum absolute atomic E-state index is 0.106. The van der Waals surface area contributed by atoms with E-state index in [1.807, 2.05) is 38.1 Å². The van der Waals surface area contributed by atoms with Gasteiger partial charge in [-0.3, -0.25) is 4.79 Å². The Kier molecular flexibility index (Phi) is 4.09. The minimum Gasteiger partial charge on any atom is -0.396 e. The summed E-state index contributed by atoms with van der Waals surface area (Å²) in [6.45, 7) is 3.93. The van der Waals surface area contributed by atoms with Crippen molar-refractivity contribution in [3.05, 3.63) is 35.5 Å². The molecule has 3 nitrogen and oxygen atoms in total. The largest absolute Gasteiger partial charge is 0.396 e. The molecule has 0 amide bonds. The Morgan fingerprint density at radius 1 is 1.44 bits per heavy atom. The molecule has 0 aliphatic heterocycles. The highest BCUT2D eigenvalue weighted by Crippen LogP contribution is 2.26. The number of para-hydroxylation sites is 1. The van der Waals surface area contributed by atoms with Gasteiger partial charge in [-0.1, -0.05) is 18.2 Å². The number of hydrogen-bond acceptors (Lipinski definition) is 3. The van der Waals surface area contributed by atoms with Crippen LogP contribution in [0.2, 0.25) is 0 Å². The smallest absolute Gasteiger partial charge is 0.177 e. The van der Waals surface area contributed by atoms with Gasteiger partial charge in [0.25, 0.3) is 0 Å². The molecular weight excluding hydrogens is 246 g/mol. The standard InChI is InChI=1S/C14H17NO2S/c1-9-13(14(17)10(2)18-8-7-16)11-5-3-4-6-12(11)15-9/h3-6,10,15-16H,7-8H2,1-2H3/t10-/m1/s1. The predicted octanol–water partition coefficient (Wildman–Crippen LogP) is 2.77. The SMILES string of the molecule is Cc1[nH]c2ccccc2c1C(=O)[C@@H](C)SCCO. The highest BCUT2D eigenvalue weighted by molar-refractivity contribution is 8.00. The number of aryl methyl sites for hydroxylation is 1. The molecule has 0 bridgehead atoms. The van der Waals surface area contributed by atoms with Crippen molar-refractivity contribution < 1.29 is 9.90 Å². The van der Waals surface area contributed by atoms with Gasteiger partial charge >= 0.3 is 0 Å². The van der Waals surface area contributed by atoms with Gasteiger partial charge in [0.05, 0.1) is 11.9 Å². The normalized spacial score (nSPS) is 12.8. The van der Waals surface area contributed by atoms with Crippen molar-refractivity contribution in [2.24, 2.45) is 0 Å². The third-order valence-electron chi connectivity index (χ3n) is 2.97. The van der Waals surface area contributed by atoms with Crippen molar-refractivity contribution in [2.75, 3.05) is 12.4 Å². The summed E-state index contributed by atoms with van der Waals surface area (Å²) in [6, 6.07) is 7.84. The molecule has 0 aliphatic rings. The number of H-pyrrole nitrogens is 1. The van der Waals surface area contributed by atoms with Crippen molar-refractivity contribution in [1.82, 2.24) is 4.98 Å². The average molecular weight is 263 g/mol. The average Bonchev–Trinajstić information content (AvgIpc) is 2.70. The number of Topliss-reactive ketones (excluding diaryl/α,β-unsaturated/α-hetero) is 1. The van der Waals surface area contributed by atoms with Crippen molar-refractivity contribution in [3.8, 4) is 0 Å². The molecule has 2 rings (SSSR count). The Balaban J connectivity index is 2.35. The maximum atomic E-state index is 12.4. The van der Waals surface area contributed by atoms with Gasteiger partial charge < -0.3 is 10.1 Å². The van der Waals surface area contributed by atoms with Crippen LogP contribution in [0.5, 0.6) is 0 Å². The summed E-state index contributed by atoms with van der Waals surface area (Å²) < 4.78 is 0. The van der Waals surface area contributed by atoms with Crippen LogP contribution in [0.3, 0.4) is 0 Å². The molecule has 96 valence electrons. The van der Waals surface area contributed by atoms with E-state index in [-0.39, 0.29) is 17.6 Å². The molecule has 2 N–H and O–H groups in total. The zero-order valence-corrected chi connectivity index (χ0v) is 11.4. The number of aromatic amines is 1. The molecule has 0 saturated heterocycles. The van der Waals surface area contributed by atoms with Crippen LogP contribution in [0, 0.1) is 6.92 Å². The van der Waals surface area contributed by atoms with E-state index in [9.17, 15) is 4.79 Å². The van der Waals surface area contributed by atoms with E-state index in [4.69, 9.17) is 5.11 Å². The first kappa shape index (κ1) is 13.2. The lowest BCUT2D eigenvalue weighted by Crippen LogP contribution is -2.15. The summed E-state index contributed by atoms with van der Waals surface area (Å²) in [4.78, 5) is 15.7. The summed E-state index contributed by atoms with van der Waals surface area (Å²) in [5.41, 5.74) is 2.69. The Labute approximate surface area is 111 Å². The number of thioether (sulfide) groups is 1. The molecule has 0 fully saturated rings. The number of fused-ring (bicyclic) bond motifs is 1. The van der Waals surface area contributed by atoms with Gasteiger partial charge in [-0.25, -0.2) is 0 Å². The Bertz CT molecular complexity index is 562. The molecule has 1 aromatic heterocycles. The number of aliphatic hydroxyl groups excluding tert-OH is 1. The number of ketones is 1. The van der Waals surface area contributed by atoms with Crippen LogP contribution < -0.4 is 0 Å². The molecule has 0 radical (unpaired) electrons. The molecule has 0 spiro atoms. The second-order valence-corrected chi connectivity index (χ2v) is 5.72. The molecule has 1 aromatic carbocycles. The summed E-state index contributed by atoms with van der Waals surface area (Å²) >= 11 is 1.49. The van der Waals surface area contributed by atoms with Gasteiger partial charge in [0.15, 0.2) is 5.78 Å². The van der Waals surface area contributed by atoms with E-state index in [2.05, 4.69) is 4.98 Å². The fourth-order valence-corrected chi connectivity index (χ4v) is 2.83. The molecule has 0 unspecified atom stereocenters. The minimum atomic E-state index is -0.130. The lowest BCUT2D eigenvalue weighted by molar-refractivity contribution is 0.0995. The first-order valence-electron chi connectivity index (χ1n) is 5.99. The molecule has 2 aromatic rings. The summed E-state index contributed by atoms with van der Waals surface area (Å²) in [6.07, 6.45) is 0. The maximum Gasteiger partial charge on any atom is 0.177 e. The van der Waals surface area contributed by atoms with Crippen LogP contribution in [-0.2, 0) is 0 Å². The number of benzene rings is 1. The molecule has 1 heterocycles. The van der Waals surface area contributed by atoms with Gasteiger partial charge in [-0.2, -0.15) is 0 Å². The maximum absolute atomic E-state index is 12.4. The van der Waals surface area contributed by atoms with E-state index in [0.29, 0.717) is 5.75 Å². The van der Waals surface area contributed by atoms with E-state index in [1.54, 1.807) is 0 Å². The monoisotopic (exact) mass is 263 g/mol. The first-order valence-corrected chi connectivity index (χ1v) is 7.04.